The van der Waals surface area contributed by atoms with Gasteiger partial charge in [0, 0.05) is 54.0 Å². The first-order valence-corrected chi connectivity index (χ1v) is 11.2. The SMILES string of the molecule is COc1cccc([C@H]2c3[nH]c4ccccc4c3CCN2Cc2cccn2-c2ncccn2)c1. The largest absolute Gasteiger partial charge is 0.497 e. The van der Waals surface area contributed by atoms with Crippen LogP contribution >= 0.6 is 0 Å². The number of rotatable bonds is 5. The normalized spacial score (nSPS) is 16.1. The summed E-state index contributed by atoms with van der Waals surface area (Å²) in [6.07, 6.45) is 6.59. The van der Waals surface area contributed by atoms with E-state index in [4.69, 9.17) is 4.74 Å². The minimum atomic E-state index is 0.0938. The van der Waals surface area contributed by atoms with Gasteiger partial charge in [-0.3, -0.25) is 9.47 Å². The molecule has 1 atom stereocenters. The van der Waals surface area contributed by atoms with Crippen LogP contribution in [0.15, 0.2) is 85.3 Å². The first kappa shape index (κ1) is 19.8. The fourth-order valence-corrected chi connectivity index (χ4v) is 5.01. The van der Waals surface area contributed by atoms with Crippen molar-refractivity contribution >= 4 is 10.9 Å². The summed E-state index contributed by atoms with van der Waals surface area (Å²) in [4.78, 5) is 15.2. The van der Waals surface area contributed by atoms with E-state index in [1.165, 1.54) is 27.7 Å². The Morgan fingerprint density at radius 3 is 2.76 bits per heavy atom. The Morgan fingerprint density at radius 1 is 1.00 bits per heavy atom. The number of hydrogen-bond donors (Lipinski definition) is 1. The van der Waals surface area contributed by atoms with Gasteiger partial charge in [-0.2, -0.15) is 0 Å². The van der Waals surface area contributed by atoms with Crippen LogP contribution in [0.4, 0.5) is 0 Å². The third kappa shape index (κ3) is 3.49. The van der Waals surface area contributed by atoms with Crippen molar-refractivity contribution in [1.82, 2.24) is 24.4 Å². The van der Waals surface area contributed by atoms with Crippen LogP contribution in [-0.4, -0.2) is 38.1 Å². The molecule has 33 heavy (non-hydrogen) atoms. The lowest BCUT2D eigenvalue weighted by atomic mass is 9.92. The molecule has 164 valence electrons. The summed E-state index contributed by atoms with van der Waals surface area (Å²) in [6, 6.07) is 23.2. The van der Waals surface area contributed by atoms with Gasteiger partial charge < -0.3 is 9.72 Å². The van der Waals surface area contributed by atoms with Crippen LogP contribution in [0.25, 0.3) is 16.9 Å². The molecule has 0 amide bonds. The Kier molecular flexibility index (Phi) is 4.92. The number of fused-ring (bicyclic) bond motifs is 3. The first-order chi connectivity index (χ1) is 16.3. The second-order valence-electron chi connectivity index (χ2n) is 8.38. The van der Waals surface area contributed by atoms with E-state index in [9.17, 15) is 0 Å². The van der Waals surface area contributed by atoms with Gasteiger partial charge in [-0.15, -0.1) is 0 Å². The second-order valence-corrected chi connectivity index (χ2v) is 8.38. The molecule has 6 rings (SSSR count). The average Bonchev–Trinajstić information content (AvgIpc) is 3.49. The number of nitrogens with zero attached hydrogens (tertiary/aromatic N) is 4. The first-order valence-electron chi connectivity index (χ1n) is 11.2. The number of para-hydroxylation sites is 1. The number of nitrogens with one attached hydrogen (secondary N) is 1. The zero-order valence-electron chi connectivity index (χ0n) is 18.5. The summed E-state index contributed by atoms with van der Waals surface area (Å²) in [5.41, 5.74) is 6.25. The average molecular weight is 436 g/mol. The van der Waals surface area contributed by atoms with Crippen LogP contribution in [0.2, 0.25) is 0 Å². The Bertz CT molecular complexity index is 1400. The molecule has 1 aliphatic rings. The number of aromatic nitrogens is 4. The third-order valence-corrected chi connectivity index (χ3v) is 6.51. The summed E-state index contributed by atoms with van der Waals surface area (Å²) in [6.45, 7) is 1.74. The molecule has 4 heterocycles. The highest BCUT2D eigenvalue weighted by Crippen LogP contribution is 2.40. The molecule has 1 N–H and O–H groups in total. The zero-order chi connectivity index (χ0) is 22.2. The highest BCUT2D eigenvalue weighted by atomic mass is 16.5. The van der Waals surface area contributed by atoms with Gasteiger partial charge in [0.2, 0.25) is 5.95 Å². The maximum Gasteiger partial charge on any atom is 0.233 e. The third-order valence-electron chi connectivity index (χ3n) is 6.51. The molecule has 0 fully saturated rings. The summed E-state index contributed by atoms with van der Waals surface area (Å²) in [5.74, 6) is 1.57. The fourth-order valence-electron chi connectivity index (χ4n) is 5.01. The maximum absolute atomic E-state index is 5.56. The van der Waals surface area contributed by atoms with Crippen LogP contribution in [0.1, 0.15) is 28.6 Å². The number of methoxy groups -OCH3 is 1. The van der Waals surface area contributed by atoms with Crippen LogP contribution in [-0.2, 0) is 13.0 Å². The predicted octanol–water partition coefficient (Wildman–Crippen LogP) is 4.90. The van der Waals surface area contributed by atoms with Crippen molar-refractivity contribution in [2.45, 2.75) is 19.0 Å². The zero-order valence-corrected chi connectivity index (χ0v) is 18.5. The standard InChI is InChI=1S/C27H25N5O/c1-33-21-9-4-7-19(17-21)26-25-23(22-10-2-3-11-24(22)30-25)12-16-31(26)18-20-8-5-15-32(20)27-28-13-6-14-29-27/h2-11,13-15,17,26,30H,12,16,18H2,1H3/t26-/m0/s1. The van der Waals surface area contributed by atoms with E-state index in [0.29, 0.717) is 5.95 Å². The van der Waals surface area contributed by atoms with E-state index in [2.05, 4.69) is 79.0 Å². The summed E-state index contributed by atoms with van der Waals surface area (Å²) in [7, 11) is 1.72. The second kappa shape index (κ2) is 8.22. The monoisotopic (exact) mass is 435 g/mol. The van der Waals surface area contributed by atoms with Crippen molar-refractivity contribution in [3.8, 4) is 11.7 Å². The molecule has 0 aliphatic carbocycles. The minimum absolute atomic E-state index is 0.0938. The van der Waals surface area contributed by atoms with Crippen molar-refractivity contribution in [2.75, 3.05) is 13.7 Å². The van der Waals surface area contributed by atoms with Crippen molar-refractivity contribution in [3.63, 3.8) is 0 Å². The number of hydrogen-bond acceptors (Lipinski definition) is 4. The van der Waals surface area contributed by atoms with Crippen LogP contribution in [0, 0.1) is 0 Å². The van der Waals surface area contributed by atoms with Gasteiger partial charge in [-0.25, -0.2) is 9.97 Å². The van der Waals surface area contributed by atoms with Crippen LogP contribution in [0.5, 0.6) is 5.75 Å². The Morgan fingerprint density at radius 2 is 1.88 bits per heavy atom. The van der Waals surface area contributed by atoms with Gasteiger partial charge in [0.1, 0.15) is 5.75 Å². The summed E-state index contributed by atoms with van der Waals surface area (Å²) >= 11 is 0. The maximum atomic E-state index is 5.56. The Labute approximate surface area is 192 Å². The fraction of sp³-hybridized carbons (Fsp3) is 0.185. The Balaban J connectivity index is 1.44. The molecule has 0 spiro atoms. The van der Waals surface area contributed by atoms with E-state index in [0.717, 1.165) is 31.0 Å². The van der Waals surface area contributed by atoms with E-state index >= 15 is 0 Å². The van der Waals surface area contributed by atoms with Crippen molar-refractivity contribution in [3.05, 3.63) is 108 Å². The van der Waals surface area contributed by atoms with Gasteiger partial charge >= 0.3 is 0 Å². The lowest BCUT2D eigenvalue weighted by molar-refractivity contribution is 0.198. The molecule has 2 aromatic carbocycles. The molecule has 1 aliphatic heterocycles. The van der Waals surface area contributed by atoms with Gasteiger partial charge in [0.25, 0.3) is 0 Å². The number of H-pyrrole nitrogens is 1. The highest BCUT2D eigenvalue weighted by Gasteiger charge is 2.32. The van der Waals surface area contributed by atoms with Gasteiger partial charge in [-0.1, -0.05) is 30.3 Å². The highest BCUT2D eigenvalue weighted by molar-refractivity contribution is 5.85. The molecule has 6 nitrogen and oxygen atoms in total. The summed E-state index contributed by atoms with van der Waals surface area (Å²) < 4.78 is 7.63. The molecular formula is C27H25N5O. The number of aromatic amines is 1. The van der Waals surface area contributed by atoms with Crippen molar-refractivity contribution in [2.24, 2.45) is 0 Å². The van der Waals surface area contributed by atoms with Crippen molar-refractivity contribution < 1.29 is 4.74 Å². The molecule has 0 bridgehead atoms. The minimum Gasteiger partial charge on any atom is -0.497 e. The molecule has 0 saturated heterocycles. The predicted molar refractivity (Wildman–Crippen MR) is 129 cm³/mol. The van der Waals surface area contributed by atoms with E-state index in [-0.39, 0.29) is 6.04 Å². The molecule has 0 unspecified atom stereocenters. The molecule has 0 radical (unpaired) electrons. The lowest BCUT2D eigenvalue weighted by Gasteiger charge is -2.36. The molecule has 6 heteroatoms. The molecule has 5 aromatic rings. The summed E-state index contributed by atoms with van der Waals surface area (Å²) in [5, 5.41) is 1.32. The van der Waals surface area contributed by atoms with Crippen molar-refractivity contribution in [1.29, 1.82) is 0 Å². The Hall–Kier alpha value is -3.90. The van der Waals surface area contributed by atoms with Gasteiger partial charge in [-0.05, 0) is 53.9 Å². The topological polar surface area (TPSA) is 59.0 Å². The van der Waals surface area contributed by atoms with Crippen LogP contribution in [0.3, 0.4) is 0 Å². The quantitative estimate of drug-likeness (QED) is 0.426. The lowest BCUT2D eigenvalue weighted by Crippen LogP contribution is -2.36. The molecule has 0 saturated carbocycles. The number of benzene rings is 2. The molecular weight excluding hydrogens is 410 g/mol. The van der Waals surface area contributed by atoms with Gasteiger partial charge in [0.15, 0.2) is 0 Å². The van der Waals surface area contributed by atoms with E-state index in [1.54, 1.807) is 19.5 Å². The van der Waals surface area contributed by atoms with Gasteiger partial charge in [0.05, 0.1) is 13.2 Å². The van der Waals surface area contributed by atoms with E-state index < -0.39 is 0 Å². The molecule has 3 aromatic heterocycles. The number of ether oxygens (including phenoxy) is 1. The smallest absolute Gasteiger partial charge is 0.233 e. The van der Waals surface area contributed by atoms with Crippen LogP contribution < -0.4 is 4.74 Å². The van der Waals surface area contributed by atoms with E-state index in [1.807, 2.05) is 18.3 Å².